The van der Waals surface area contributed by atoms with Crippen molar-refractivity contribution in [2.24, 2.45) is 5.92 Å². The summed E-state index contributed by atoms with van der Waals surface area (Å²) >= 11 is 1.73. The molecule has 0 amide bonds. The molecule has 0 radical (unpaired) electrons. The number of hydrogen-bond acceptors (Lipinski definition) is 5. The number of ether oxygens (including phenoxy) is 1. The van der Waals surface area contributed by atoms with Gasteiger partial charge in [0.1, 0.15) is 0 Å². The molecular weight excluding hydrogens is 320 g/mol. The van der Waals surface area contributed by atoms with Gasteiger partial charge in [-0.2, -0.15) is 5.10 Å². The molecule has 2 aromatic heterocycles. The van der Waals surface area contributed by atoms with Crippen molar-refractivity contribution in [2.75, 3.05) is 26.3 Å². The fraction of sp³-hybridized carbons (Fsp3) is 0.444. The zero-order chi connectivity index (χ0) is 16.4. The smallest absolute Gasteiger partial charge is 0.0897 e. The van der Waals surface area contributed by atoms with Crippen LogP contribution in [0.1, 0.15) is 16.3 Å². The van der Waals surface area contributed by atoms with E-state index in [1.165, 1.54) is 16.6 Å². The topological polar surface area (TPSA) is 54.0 Å². The number of aryl methyl sites for hydroxylation is 1. The van der Waals surface area contributed by atoms with E-state index in [0.717, 1.165) is 49.8 Å². The monoisotopic (exact) mass is 342 g/mol. The van der Waals surface area contributed by atoms with Crippen LogP contribution in [-0.2, 0) is 17.7 Å². The van der Waals surface area contributed by atoms with Crippen LogP contribution >= 0.6 is 11.3 Å². The van der Waals surface area contributed by atoms with Crippen molar-refractivity contribution in [2.45, 2.75) is 19.9 Å². The van der Waals surface area contributed by atoms with Crippen LogP contribution in [0.4, 0.5) is 0 Å². The molecule has 24 heavy (non-hydrogen) atoms. The van der Waals surface area contributed by atoms with Crippen LogP contribution in [0.5, 0.6) is 0 Å². The number of hydrogen-bond donors (Lipinski definition) is 1. The van der Waals surface area contributed by atoms with Crippen LogP contribution in [-0.4, -0.2) is 46.4 Å². The Bertz CT molecular complexity index is 812. The number of aromatic nitrogens is 3. The molecule has 0 bridgehead atoms. The minimum Gasteiger partial charge on any atom is -0.380 e. The van der Waals surface area contributed by atoms with E-state index in [-0.39, 0.29) is 0 Å². The van der Waals surface area contributed by atoms with Gasteiger partial charge in [-0.15, -0.1) is 11.3 Å². The Hall–Kier alpha value is -1.76. The predicted molar refractivity (Wildman–Crippen MR) is 96.2 cm³/mol. The number of thiazole rings is 1. The molecule has 1 atom stereocenters. The van der Waals surface area contributed by atoms with Gasteiger partial charge in [-0.25, -0.2) is 4.98 Å². The van der Waals surface area contributed by atoms with Crippen LogP contribution in [0.3, 0.4) is 0 Å². The average Bonchev–Trinajstić information content (AvgIpc) is 3.13. The molecule has 1 aliphatic heterocycles. The Labute approximate surface area is 145 Å². The molecular formula is C18H22N4OS. The Morgan fingerprint density at radius 2 is 2.38 bits per heavy atom. The van der Waals surface area contributed by atoms with Gasteiger partial charge in [0.25, 0.3) is 0 Å². The van der Waals surface area contributed by atoms with Crippen molar-refractivity contribution in [3.63, 3.8) is 0 Å². The van der Waals surface area contributed by atoms with Gasteiger partial charge in [-0.05, 0) is 37.0 Å². The number of benzene rings is 1. The molecule has 3 aromatic rings. The second kappa shape index (κ2) is 7.01. The second-order valence-corrected chi connectivity index (χ2v) is 7.59. The quantitative estimate of drug-likeness (QED) is 0.792. The lowest BCUT2D eigenvalue weighted by atomic mass is 9.98. The summed E-state index contributed by atoms with van der Waals surface area (Å²) in [5.41, 5.74) is 3.62. The fourth-order valence-electron chi connectivity index (χ4n) is 3.38. The molecule has 0 spiro atoms. The molecule has 3 heterocycles. The first-order chi connectivity index (χ1) is 11.8. The van der Waals surface area contributed by atoms with Gasteiger partial charge in [0, 0.05) is 30.4 Å². The second-order valence-electron chi connectivity index (χ2n) is 6.53. The normalized spacial score (nSPS) is 19.6. The van der Waals surface area contributed by atoms with Gasteiger partial charge >= 0.3 is 0 Å². The van der Waals surface area contributed by atoms with E-state index in [1.54, 1.807) is 11.3 Å². The first-order valence-corrected chi connectivity index (χ1v) is 9.27. The fourth-order valence-corrected chi connectivity index (χ4v) is 3.99. The Morgan fingerprint density at radius 3 is 3.25 bits per heavy atom. The van der Waals surface area contributed by atoms with Gasteiger partial charge in [-0.1, -0.05) is 6.07 Å². The molecule has 1 saturated heterocycles. The number of fused-ring (bicyclic) bond motifs is 1. The van der Waals surface area contributed by atoms with Crippen LogP contribution in [0.25, 0.3) is 10.9 Å². The van der Waals surface area contributed by atoms with Crippen LogP contribution < -0.4 is 0 Å². The maximum absolute atomic E-state index is 5.85. The predicted octanol–water partition coefficient (Wildman–Crippen LogP) is 3.02. The van der Waals surface area contributed by atoms with Gasteiger partial charge < -0.3 is 4.74 Å². The molecule has 1 fully saturated rings. The third-order valence-corrected chi connectivity index (χ3v) is 5.33. The highest BCUT2D eigenvalue weighted by molar-refractivity contribution is 7.09. The van der Waals surface area contributed by atoms with E-state index in [2.05, 4.69) is 50.6 Å². The Kier molecular flexibility index (Phi) is 4.60. The lowest BCUT2D eigenvalue weighted by Crippen LogP contribution is -2.30. The van der Waals surface area contributed by atoms with Gasteiger partial charge in [0.2, 0.25) is 0 Å². The lowest BCUT2D eigenvalue weighted by Gasteiger charge is -2.22. The zero-order valence-electron chi connectivity index (χ0n) is 13.9. The van der Waals surface area contributed by atoms with Crippen molar-refractivity contribution < 1.29 is 4.74 Å². The molecule has 1 aromatic carbocycles. The standard InChI is InChI=1S/C18H22N4OS/c1-13-20-17(12-24-13)10-22-4-5-23-11-15(9-22)6-14-2-3-18-16(7-14)8-19-21-18/h2-3,7-8,12,15H,4-6,9-11H2,1H3,(H,19,21)/t15-/m0/s1. The number of aromatic amines is 1. The molecule has 0 unspecified atom stereocenters. The summed E-state index contributed by atoms with van der Waals surface area (Å²) in [5, 5.41) is 11.6. The summed E-state index contributed by atoms with van der Waals surface area (Å²) < 4.78 is 5.85. The van der Waals surface area contributed by atoms with E-state index in [9.17, 15) is 0 Å². The van der Waals surface area contributed by atoms with Crippen molar-refractivity contribution in [1.29, 1.82) is 0 Å². The molecule has 4 rings (SSSR count). The molecule has 1 aliphatic rings. The van der Waals surface area contributed by atoms with E-state index < -0.39 is 0 Å². The van der Waals surface area contributed by atoms with Crippen molar-refractivity contribution in [1.82, 2.24) is 20.1 Å². The molecule has 6 heteroatoms. The SMILES string of the molecule is Cc1nc(CN2CCOC[C@@H](Cc3ccc4[nH]ncc4c3)C2)cs1. The minimum absolute atomic E-state index is 0.511. The third-order valence-electron chi connectivity index (χ3n) is 4.50. The number of nitrogens with zero attached hydrogens (tertiary/aromatic N) is 3. The van der Waals surface area contributed by atoms with Crippen LogP contribution in [0.2, 0.25) is 0 Å². The van der Waals surface area contributed by atoms with Crippen molar-refractivity contribution in [3.8, 4) is 0 Å². The van der Waals surface area contributed by atoms with Crippen molar-refractivity contribution in [3.05, 3.63) is 46.0 Å². The van der Waals surface area contributed by atoms with Gasteiger partial charge in [0.05, 0.1) is 35.6 Å². The molecule has 0 aliphatic carbocycles. The van der Waals surface area contributed by atoms with Gasteiger partial charge in [0.15, 0.2) is 0 Å². The maximum atomic E-state index is 5.85. The Balaban J connectivity index is 1.43. The highest BCUT2D eigenvalue weighted by Gasteiger charge is 2.20. The van der Waals surface area contributed by atoms with Gasteiger partial charge in [-0.3, -0.25) is 10.00 Å². The highest BCUT2D eigenvalue weighted by Crippen LogP contribution is 2.19. The Morgan fingerprint density at radius 1 is 1.42 bits per heavy atom. The number of rotatable bonds is 4. The van der Waals surface area contributed by atoms with E-state index in [0.29, 0.717) is 5.92 Å². The molecule has 5 nitrogen and oxygen atoms in total. The van der Waals surface area contributed by atoms with Crippen LogP contribution in [0, 0.1) is 12.8 Å². The van der Waals surface area contributed by atoms with E-state index in [1.807, 2.05) is 6.20 Å². The highest BCUT2D eigenvalue weighted by atomic mass is 32.1. The minimum atomic E-state index is 0.511. The summed E-state index contributed by atoms with van der Waals surface area (Å²) in [6.45, 7) is 6.66. The number of nitrogens with one attached hydrogen (secondary N) is 1. The third kappa shape index (κ3) is 3.66. The number of H-pyrrole nitrogens is 1. The molecule has 1 N–H and O–H groups in total. The summed E-state index contributed by atoms with van der Waals surface area (Å²) in [7, 11) is 0. The lowest BCUT2D eigenvalue weighted by molar-refractivity contribution is 0.121. The van der Waals surface area contributed by atoms with E-state index >= 15 is 0 Å². The summed E-state index contributed by atoms with van der Waals surface area (Å²) in [6, 6.07) is 6.54. The largest absolute Gasteiger partial charge is 0.380 e. The summed E-state index contributed by atoms with van der Waals surface area (Å²) in [5.74, 6) is 0.511. The first kappa shape index (κ1) is 15.7. The van der Waals surface area contributed by atoms with Crippen molar-refractivity contribution >= 4 is 22.2 Å². The first-order valence-electron chi connectivity index (χ1n) is 8.39. The van der Waals surface area contributed by atoms with Crippen LogP contribution in [0.15, 0.2) is 29.8 Å². The summed E-state index contributed by atoms with van der Waals surface area (Å²) in [4.78, 5) is 7.07. The average molecular weight is 342 g/mol. The maximum Gasteiger partial charge on any atom is 0.0897 e. The molecule has 126 valence electrons. The zero-order valence-corrected chi connectivity index (χ0v) is 14.7. The van der Waals surface area contributed by atoms with E-state index in [4.69, 9.17) is 4.74 Å². The summed E-state index contributed by atoms with van der Waals surface area (Å²) in [6.07, 6.45) is 2.92. The molecule has 0 saturated carbocycles.